The van der Waals surface area contributed by atoms with Crippen molar-refractivity contribution < 1.29 is 4.79 Å². The van der Waals surface area contributed by atoms with Gasteiger partial charge < -0.3 is 4.90 Å². The molecule has 4 heteroatoms. The summed E-state index contributed by atoms with van der Waals surface area (Å²) in [6.45, 7) is 11.6. The monoisotopic (exact) mass is 272 g/mol. The number of carbonyl (C=O) groups excluding carboxylic acids is 1. The molecule has 1 aliphatic rings. The number of hydrogen-bond acceptors (Lipinski definition) is 3. The van der Waals surface area contributed by atoms with Gasteiger partial charge in [-0.1, -0.05) is 27.2 Å². The highest BCUT2D eigenvalue weighted by molar-refractivity contribution is 7.99. The maximum absolute atomic E-state index is 12.5. The molecule has 2 unspecified atom stereocenters. The van der Waals surface area contributed by atoms with Crippen LogP contribution >= 0.6 is 11.8 Å². The average molecular weight is 272 g/mol. The smallest absolute Gasteiger partial charge is 0.241 e. The number of amides is 1. The highest BCUT2D eigenvalue weighted by Gasteiger charge is 2.41. The Morgan fingerprint density at radius 2 is 2.06 bits per heavy atom. The first kappa shape index (κ1) is 15.8. The Bertz CT molecular complexity index is 292. The predicted molar refractivity (Wildman–Crippen MR) is 79.8 cm³/mol. The quantitative estimate of drug-likeness (QED) is 0.807. The van der Waals surface area contributed by atoms with E-state index >= 15 is 0 Å². The van der Waals surface area contributed by atoms with Crippen molar-refractivity contribution in [1.82, 2.24) is 10.2 Å². The van der Waals surface area contributed by atoms with Gasteiger partial charge in [-0.25, -0.2) is 0 Å². The minimum absolute atomic E-state index is 0.000735. The molecule has 1 rings (SSSR count). The van der Waals surface area contributed by atoms with E-state index in [0.29, 0.717) is 5.92 Å². The molecule has 0 bridgehead atoms. The number of rotatable bonds is 6. The fourth-order valence-corrected chi connectivity index (χ4v) is 2.62. The van der Waals surface area contributed by atoms with E-state index in [4.69, 9.17) is 0 Å². The van der Waals surface area contributed by atoms with E-state index in [2.05, 4.69) is 51.1 Å². The maximum atomic E-state index is 12.5. The van der Waals surface area contributed by atoms with Crippen LogP contribution in [0.1, 0.15) is 47.5 Å². The summed E-state index contributed by atoms with van der Waals surface area (Å²) >= 11 is 1.82. The van der Waals surface area contributed by atoms with Crippen LogP contribution in [0.25, 0.3) is 0 Å². The molecule has 0 radical (unpaired) electrons. The molecule has 18 heavy (non-hydrogen) atoms. The first-order valence-corrected chi connectivity index (χ1v) is 8.16. The van der Waals surface area contributed by atoms with Gasteiger partial charge in [-0.2, -0.15) is 11.8 Å². The third-order valence-corrected chi connectivity index (χ3v) is 4.86. The maximum Gasteiger partial charge on any atom is 0.241 e. The highest BCUT2D eigenvalue weighted by Crippen LogP contribution is 2.27. The van der Waals surface area contributed by atoms with Crippen LogP contribution in [0.2, 0.25) is 0 Å². The second-order valence-corrected chi connectivity index (χ2v) is 7.64. The van der Waals surface area contributed by atoms with Crippen molar-refractivity contribution in [3.05, 3.63) is 0 Å². The zero-order chi connectivity index (χ0) is 13.9. The van der Waals surface area contributed by atoms with E-state index < -0.39 is 0 Å². The fourth-order valence-electron chi connectivity index (χ4n) is 2.35. The first-order chi connectivity index (χ1) is 8.32. The lowest BCUT2D eigenvalue weighted by Crippen LogP contribution is -2.44. The summed E-state index contributed by atoms with van der Waals surface area (Å²) in [6.07, 6.45) is 4.48. The first-order valence-electron chi connectivity index (χ1n) is 6.94. The molecule has 106 valence electrons. The molecule has 0 aromatic carbocycles. The second-order valence-electron chi connectivity index (χ2n) is 6.12. The third-order valence-electron chi connectivity index (χ3n) is 3.63. The van der Waals surface area contributed by atoms with Crippen LogP contribution in [-0.2, 0) is 4.79 Å². The van der Waals surface area contributed by atoms with Gasteiger partial charge in [0.1, 0.15) is 0 Å². The number of nitrogens with zero attached hydrogens (tertiary/aromatic N) is 1. The van der Waals surface area contributed by atoms with E-state index in [1.807, 2.05) is 11.8 Å². The Hall–Kier alpha value is -0.220. The van der Waals surface area contributed by atoms with Crippen LogP contribution in [0.4, 0.5) is 0 Å². The zero-order valence-electron chi connectivity index (χ0n) is 12.6. The Balaban J connectivity index is 2.81. The fraction of sp³-hybridized carbons (Fsp3) is 0.929. The SMILES string of the molecule is CCCC1NC(C(C)C)C(=O)N1CC(C)(C)SC. The summed E-state index contributed by atoms with van der Waals surface area (Å²) in [4.78, 5) is 14.5. The van der Waals surface area contributed by atoms with Crippen molar-refractivity contribution in [2.45, 2.75) is 64.4 Å². The molecular weight excluding hydrogens is 244 g/mol. The largest absolute Gasteiger partial charge is 0.324 e. The van der Waals surface area contributed by atoms with Crippen LogP contribution < -0.4 is 5.32 Å². The summed E-state index contributed by atoms with van der Waals surface area (Å²) in [7, 11) is 0. The summed E-state index contributed by atoms with van der Waals surface area (Å²) < 4.78 is 0.120. The van der Waals surface area contributed by atoms with Crippen LogP contribution in [0, 0.1) is 5.92 Å². The van der Waals surface area contributed by atoms with E-state index in [1.54, 1.807) is 0 Å². The van der Waals surface area contributed by atoms with Gasteiger partial charge in [-0.3, -0.25) is 10.1 Å². The lowest BCUT2D eigenvalue weighted by atomic mass is 10.0. The molecule has 1 aliphatic heterocycles. The van der Waals surface area contributed by atoms with Gasteiger partial charge in [-0.05, 0) is 32.4 Å². The molecule has 0 saturated carbocycles. The normalized spacial score (nSPS) is 25.3. The van der Waals surface area contributed by atoms with Crippen molar-refractivity contribution in [1.29, 1.82) is 0 Å². The van der Waals surface area contributed by atoms with Crippen LogP contribution in [0.15, 0.2) is 0 Å². The van der Waals surface area contributed by atoms with E-state index in [9.17, 15) is 4.79 Å². The molecule has 0 spiro atoms. The summed E-state index contributed by atoms with van der Waals surface area (Å²) in [5, 5.41) is 3.50. The number of thioether (sulfide) groups is 1. The number of nitrogens with one attached hydrogen (secondary N) is 1. The van der Waals surface area contributed by atoms with Gasteiger partial charge in [0.25, 0.3) is 0 Å². The third kappa shape index (κ3) is 3.64. The molecule has 2 atom stereocenters. The molecule has 0 aliphatic carbocycles. The minimum atomic E-state index is -0.000735. The lowest BCUT2D eigenvalue weighted by molar-refractivity contribution is -0.131. The van der Waals surface area contributed by atoms with Crippen LogP contribution in [-0.4, -0.2) is 40.6 Å². The molecule has 1 fully saturated rings. The molecule has 3 nitrogen and oxygen atoms in total. The molecule has 1 N–H and O–H groups in total. The van der Waals surface area contributed by atoms with Gasteiger partial charge >= 0.3 is 0 Å². The Labute approximate surface area is 116 Å². The number of carbonyl (C=O) groups is 1. The van der Waals surface area contributed by atoms with Crippen molar-refractivity contribution in [2.24, 2.45) is 5.92 Å². The van der Waals surface area contributed by atoms with E-state index in [1.165, 1.54) is 0 Å². The topological polar surface area (TPSA) is 32.3 Å². The Morgan fingerprint density at radius 3 is 2.50 bits per heavy atom. The van der Waals surface area contributed by atoms with Gasteiger partial charge in [0.15, 0.2) is 0 Å². The minimum Gasteiger partial charge on any atom is -0.324 e. The predicted octanol–water partition coefficient (Wildman–Crippen LogP) is 2.71. The molecule has 1 amide bonds. The molecular formula is C14H28N2OS. The molecule has 0 aromatic heterocycles. The average Bonchev–Trinajstić information content (AvgIpc) is 2.58. The summed E-state index contributed by atoms with van der Waals surface area (Å²) in [5.41, 5.74) is 0. The van der Waals surface area contributed by atoms with Crippen LogP contribution in [0.3, 0.4) is 0 Å². The summed E-state index contributed by atoms with van der Waals surface area (Å²) in [5.74, 6) is 0.643. The van der Waals surface area contributed by atoms with Crippen molar-refractivity contribution in [2.75, 3.05) is 12.8 Å². The number of hydrogen-bond donors (Lipinski definition) is 1. The molecule has 1 saturated heterocycles. The van der Waals surface area contributed by atoms with Crippen molar-refractivity contribution in [3.8, 4) is 0 Å². The lowest BCUT2D eigenvalue weighted by Gasteiger charge is -2.32. The molecule has 1 heterocycles. The van der Waals surface area contributed by atoms with Gasteiger partial charge in [-0.15, -0.1) is 0 Å². The van der Waals surface area contributed by atoms with E-state index in [-0.39, 0.29) is 22.9 Å². The van der Waals surface area contributed by atoms with Crippen molar-refractivity contribution in [3.63, 3.8) is 0 Å². The zero-order valence-corrected chi connectivity index (χ0v) is 13.4. The van der Waals surface area contributed by atoms with Gasteiger partial charge in [0.2, 0.25) is 5.91 Å². The van der Waals surface area contributed by atoms with Gasteiger partial charge in [0.05, 0.1) is 12.2 Å². The van der Waals surface area contributed by atoms with Gasteiger partial charge in [0, 0.05) is 11.3 Å². The van der Waals surface area contributed by atoms with E-state index in [0.717, 1.165) is 19.4 Å². The van der Waals surface area contributed by atoms with Crippen molar-refractivity contribution >= 4 is 17.7 Å². The standard InChI is InChI=1S/C14H28N2OS/c1-7-8-11-15-12(10(2)3)13(17)16(11)9-14(4,5)18-6/h10-12,15H,7-9H2,1-6H3. The second kappa shape index (κ2) is 6.29. The summed E-state index contributed by atoms with van der Waals surface area (Å²) in [6, 6.07) is -0.000735. The Morgan fingerprint density at radius 1 is 1.44 bits per heavy atom. The van der Waals surface area contributed by atoms with Crippen LogP contribution in [0.5, 0.6) is 0 Å². The molecule has 0 aromatic rings. The Kier molecular flexibility index (Phi) is 5.53. The highest BCUT2D eigenvalue weighted by atomic mass is 32.2.